The Bertz CT molecular complexity index is 1130. The molecule has 2 aromatic carbocycles. The Labute approximate surface area is 205 Å². The van der Waals surface area contributed by atoms with Gasteiger partial charge in [0.25, 0.3) is 5.91 Å². The van der Waals surface area contributed by atoms with Crippen molar-refractivity contribution in [1.29, 1.82) is 0 Å². The second kappa shape index (κ2) is 9.29. The topological polar surface area (TPSA) is 70.2 Å². The van der Waals surface area contributed by atoms with E-state index in [1.54, 1.807) is 32.9 Å². The van der Waals surface area contributed by atoms with E-state index in [9.17, 15) is 14.4 Å². The van der Waals surface area contributed by atoms with Crippen molar-refractivity contribution in [2.75, 3.05) is 22.9 Å². The lowest BCUT2D eigenvalue weighted by Crippen LogP contribution is -2.46. The van der Waals surface area contributed by atoms with Gasteiger partial charge in [0.05, 0.1) is 23.2 Å². The number of hydrogen-bond donors (Lipinski definition) is 0. The second-order valence-electron chi connectivity index (χ2n) is 9.81. The number of carbonyl (C=O) groups is 3. The van der Waals surface area contributed by atoms with Gasteiger partial charge in [0, 0.05) is 30.9 Å². The van der Waals surface area contributed by atoms with Gasteiger partial charge < -0.3 is 14.5 Å². The van der Waals surface area contributed by atoms with E-state index in [1.165, 1.54) is 0 Å². The van der Waals surface area contributed by atoms with Crippen LogP contribution in [-0.2, 0) is 16.1 Å². The third kappa shape index (κ3) is 4.89. The zero-order chi connectivity index (χ0) is 24.6. The zero-order valence-corrected chi connectivity index (χ0v) is 20.8. The molecule has 0 N–H and O–H groups in total. The summed E-state index contributed by atoms with van der Waals surface area (Å²) in [6.07, 6.45) is 0.921. The first-order valence-corrected chi connectivity index (χ1v) is 11.9. The van der Waals surface area contributed by atoms with Crippen molar-refractivity contribution in [3.63, 3.8) is 0 Å². The third-order valence-electron chi connectivity index (χ3n) is 6.04. The van der Waals surface area contributed by atoms with Gasteiger partial charge in [0.2, 0.25) is 5.91 Å². The van der Waals surface area contributed by atoms with Gasteiger partial charge in [-0.25, -0.2) is 4.79 Å². The number of ether oxygens (including phenoxy) is 1. The van der Waals surface area contributed by atoms with Crippen LogP contribution in [0.15, 0.2) is 42.5 Å². The van der Waals surface area contributed by atoms with Crippen molar-refractivity contribution in [1.82, 2.24) is 4.90 Å². The Morgan fingerprint density at radius 1 is 1.12 bits per heavy atom. The summed E-state index contributed by atoms with van der Waals surface area (Å²) in [6, 6.07) is 12.4. The molecular weight excluding hydrogens is 454 g/mol. The normalized spacial score (nSPS) is 18.6. The Balaban J connectivity index is 1.64. The van der Waals surface area contributed by atoms with Crippen molar-refractivity contribution >= 4 is 40.9 Å². The summed E-state index contributed by atoms with van der Waals surface area (Å²) in [6.45, 7) is 8.67. The van der Waals surface area contributed by atoms with E-state index < -0.39 is 11.7 Å². The molecule has 3 amide bonds. The smallest absolute Gasteiger partial charge is 0.410 e. The maximum absolute atomic E-state index is 13.7. The number of carbonyl (C=O) groups excluding carboxylic acids is 3. The van der Waals surface area contributed by atoms with Crippen LogP contribution in [0.2, 0.25) is 5.02 Å². The molecular formula is C26H30ClN3O4. The quantitative estimate of drug-likeness (QED) is 0.584. The van der Waals surface area contributed by atoms with Gasteiger partial charge in [-0.3, -0.25) is 14.5 Å². The first kappa shape index (κ1) is 24.1. The highest BCUT2D eigenvalue weighted by atomic mass is 35.5. The molecule has 2 aliphatic rings. The van der Waals surface area contributed by atoms with E-state index in [1.807, 2.05) is 52.0 Å². The number of halogens is 1. The number of hydrogen-bond acceptors (Lipinski definition) is 4. The van der Waals surface area contributed by atoms with Crippen molar-refractivity contribution in [2.24, 2.45) is 0 Å². The molecule has 0 saturated carbocycles. The van der Waals surface area contributed by atoms with Crippen LogP contribution in [0.5, 0.6) is 0 Å². The van der Waals surface area contributed by atoms with Crippen LogP contribution in [0.1, 0.15) is 56.5 Å². The monoisotopic (exact) mass is 483 g/mol. The third-order valence-corrected chi connectivity index (χ3v) is 6.36. The van der Waals surface area contributed by atoms with E-state index in [2.05, 4.69) is 0 Å². The van der Waals surface area contributed by atoms with Crippen molar-refractivity contribution in [2.45, 2.75) is 58.7 Å². The SMILES string of the molecule is C[C@@H]1CN(C(=O)c2ccc(N3CCCC3=O)cc2Cl)c2ccccc2CN1C(=O)OC(C)(C)C. The van der Waals surface area contributed by atoms with E-state index in [-0.39, 0.29) is 24.4 Å². The van der Waals surface area contributed by atoms with Gasteiger partial charge in [0.1, 0.15) is 5.60 Å². The lowest BCUT2D eigenvalue weighted by molar-refractivity contribution is -0.117. The van der Waals surface area contributed by atoms with Crippen LogP contribution in [0.4, 0.5) is 16.2 Å². The summed E-state index contributed by atoms with van der Waals surface area (Å²) >= 11 is 6.56. The molecule has 1 fully saturated rings. The zero-order valence-electron chi connectivity index (χ0n) is 20.0. The van der Waals surface area contributed by atoms with Gasteiger partial charge >= 0.3 is 6.09 Å². The van der Waals surface area contributed by atoms with Gasteiger partial charge in [0.15, 0.2) is 0 Å². The van der Waals surface area contributed by atoms with Gasteiger partial charge in [-0.15, -0.1) is 0 Å². The fraction of sp³-hybridized carbons (Fsp3) is 0.423. The molecule has 1 atom stereocenters. The van der Waals surface area contributed by atoms with Crippen LogP contribution < -0.4 is 9.80 Å². The van der Waals surface area contributed by atoms with E-state index in [0.717, 1.165) is 17.7 Å². The molecule has 0 spiro atoms. The first-order valence-electron chi connectivity index (χ1n) is 11.5. The molecule has 0 radical (unpaired) electrons. The number of rotatable bonds is 2. The molecule has 2 aromatic rings. The first-order chi connectivity index (χ1) is 16.0. The van der Waals surface area contributed by atoms with Crippen LogP contribution in [0, 0.1) is 0 Å². The predicted molar refractivity (Wildman–Crippen MR) is 132 cm³/mol. The second-order valence-corrected chi connectivity index (χ2v) is 10.2. The molecule has 8 heteroatoms. The Kier molecular flexibility index (Phi) is 6.58. The van der Waals surface area contributed by atoms with E-state index >= 15 is 0 Å². The summed E-state index contributed by atoms with van der Waals surface area (Å²) in [5.41, 5.74) is 2.01. The predicted octanol–water partition coefficient (Wildman–Crippen LogP) is 5.25. The molecule has 2 heterocycles. The molecule has 0 aromatic heterocycles. The standard InChI is InChI=1S/C26H30ClN3O4/c1-17-15-30(22-9-6-5-8-18(22)16-29(17)25(33)34-26(2,3)4)24(32)20-12-11-19(14-21(20)27)28-13-7-10-23(28)31/h5-6,8-9,11-12,14,17H,7,10,13,15-16H2,1-4H3/t17-/m1/s1. The number of benzene rings is 2. The summed E-state index contributed by atoms with van der Waals surface area (Å²) < 4.78 is 5.62. The van der Waals surface area contributed by atoms with Crippen LogP contribution >= 0.6 is 11.6 Å². The molecule has 0 bridgehead atoms. The Morgan fingerprint density at radius 3 is 2.50 bits per heavy atom. The Morgan fingerprint density at radius 2 is 1.85 bits per heavy atom. The van der Waals surface area contributed by atoms with Crippen molar-refractivity contribution in [3.05, 3.63) is 58.6 Å². The number of para-hydroxylation sites is 1. The van der Waals surface area contributed by atoms with Gasteiger partial charge in [-0.05, 0) is 63.9 Å². The highest BCUT2D eigenvalue weighted by Gasteiger charge is 2.34. The maximum Gasteiger partial charge on any atom is 0.410 e. The highest BCUT2D eigenvalue weighted by Crippen LogP contribution is 2.32. The summed E-state index contributed by atoms with van der Waals surface area (Å²) in [7, 11) is 0. The minimum absolute atomic E-state index is 0.0626. The minimum Gasteiger partial charge on any atom is -0.444 e. The van der Waals surface area contributed by atoms with Gasteiger partial charge in [-0.2, -0.15) is 0 Å². The van der Waals surface area contributed by atoms with Crippen LogP contribution in [-0.4, -0.2) is 47.5 Å². The molecule has 0 unspecified atom stereocenters. The summed E-state index contributed by atoms with van der Waals surface area (Å²) in [5.74, 6) is -0.192. The molecule has 2 aliphatic heterocycles. The molecule has 0 aliphatic carbocycles. The fourth-order valence-electron chi connectivity index (χ4n) is 4.38. The molecule has 34 heavy (non-hydrogen) atoms. The minimum atomic E-state index is -0.621. The fourth-order valence-corrected chi connectivity index (χ4v) is 4.63. The number of fused-ring (bicyclic) bond motifs is 1. The number of nitrogens with zero attached hydrogens (tertiary/aromatic N) is 3. The maximum atomic E-state index is 13.7. The van der Waals surface area contributed by atoms with Crippen molar-refractivity contribution in [3.8, 4) is 0 Å². The van der Waals surface area contributed by atoms with E-state index in [4.69, 9.17) is 16.3 Å². The average molecular weight is 484 g/mol. The number of anilines is 2. The van der Waals surface area contributed by atoms with Gasteiger partial charge in [-0.1, -0.05) is 29.8 Å². The average Bonchev–Trinajstić information content (AvgIpc) is 3.13. The van der Waals surface area contributed by atoms with Crippen molar-refractivity contribution < 1.29 is 19.1 Å². The summed E-state index contributed by atoms with van der Waals surface area (Å²) in [5, 5.41) is 0.292. The lowest BCUT2D eigenvalue weighted by Gasteiger charge is -2.31. The summed E-state index contributed by atoms with van der Waals surface area (Å²) in [4.78, 5) is 43.8. The van der Waals surface area contributed by atoms with E-state index in [0.29, 0.717) is 35.8 Å². The molecule has 4 rings (SSSR count). The molecule has 1 saturated heterocycles. The van der Waals surface area contributed by atoms with Crippen LogP contribution in [0.3, 0.4) is 0 Å². The lowest BCUT2D eigenvalue weighted by atomic mass is 10.1. The largest absolute Gasteiger partial charge is 0.444 e. The highest BCUT2D eigenvalue weighted by molar-refractivity contribution is 6.35. The van der Waals surface area contributed by atoms with Crippen LogP contribution in [0.25, 0.3) is 0 Å². The molecule has 7 nitrogen and oxygen atoms in total. The Hall–Kier alpha value is -3.06. The number of amides is 3. The molecule has 180 valence electrons.